The van der Waals surface area contributed by atoms with E-state index in [4.69, 9.17) is 0 Å². The average molecular weight is 260 g/mol. The van der Waals surface area contributed by atoms with E-state index in [0.717, 1.165) is 0 Å². The first kappa shape index (κ1) is 14.1. The molecular weight excluding hydrogens is 240 g/mol. The molecule has 3 rings (SSSR count). The van der Waals surface area contributed by atoms with E-state index < -0.39 is 0 Å². The second kappa shape index (κ2) is 7.96. The van der Waals surface area contributed by atoms with Gasteiger partial charge in [0.25, 0.3) is 0 Å². The van der Waals surface area contributed by atoms with Gasteiger partial charge in [-0.3, -0.25) is 0 Å². The maximum Gasteiger partial charge on any atom is 0.00610 e. The molecule has 0 aliphatic carbocycles. The third kappa shape index (κ3) is 4.40. The van der Waals surface area contributed by atoms with Crippen molar-refractivity contribution < 1.29 is 0 Å². The maximum absolute atomic E-state index is 2.24. The second-order valence-electron chi connectivity index (χ2n) is 4.70. The molecule has 0 bridgehead atoms. The molecule has 0 spiro atoms. The quantitative estimate of drug-likeness (QED) is 0.568. The third-order valence-corrected chi connectivity index (χ3v) is 3.27. The van der Waals surface area contributed by atoms with Gasteiger partial charge in [0.1, 0.15) is 0 Å². The minimum atomic E-state index is 0.484. The summed E-state index contributed by atoms with van der Waals surface area (Å²) in [5.41, 5.74) is 2.75. The summed E-state index contributed by atoms with van der Waals surface area (Å²) in [5.74, 6) is 0.484. The van der Waals surface area contributed by atoms with Crippen molar-refractivity contribution in [1.29, 1.82) is 0 Å². The zero-order valence-corrected chi connectivity index (χ0v) is 11.8. The lowest BCUT2D eigenvalue weighted by atomic mass is 9.93. The Bertz CT molecular complexity index is 504. The molecule has 0 aliphatic heterocycles. The second-order valence-corrected chi connectivity index (χ2v) is 4.70. The zero-order chi connectivity index (χ0) is 14.0. The predicted molar refractivity (Wildman–Crippen MR) is 86.8 cm³/mol. The van der Waals surface area contributed by atoms with Crippen LogP contribution in [0, 0.1) is 0 Å². The fraction of sp³-hybridized carbons (Fsp3) is 0.100. The molecule has 0 heterocycles. The Morgan fingerprint density at radius 2 is 0.700 bits per heavy atom. The first-order valence-electron chi connectivity index (χ1n) is 6.98. The fourth-order valence-corrected chi connectivity index (χ4v) is 2.06. The van der Waals surface area contributed by atoms with Crippen LogP contribution in [-0.4, -0.2) is 0 Å². The lowest BCUT2D eigenvalue weighted by Crippen LogP contribution is -1.94. The molecule has 100 valence electrons. The molecule has 0 radical (unpaired) electrons. The normalized spacial score (nSPS) is 9.70. The Morgan fingerprint density at radius 3 is 1.00 bits per heavy atom. The molecule has 0 amide bonds. The van der Waals surface area contributed by atoms with Gasteiger partial charge in [-0.2, -0.15) is 0 Å². The van der Waals surface area contributed by atoms with Crippen LogP contribution in [0.3, 0.4) is 0 Å². The predicted octanol–water partition coefficient (Wildman–Crippen LogP) is 5.53. The monoisotopic (exact) mass is 260 g/mol. The van der Waals surface area contributed by atoms with Crippen LogP contribution in [-0.2, 0) is 0 Å². The molecule has 0 aliphatic rings. The van der Waals surface area contributed by atoms with Gasteiger partial charge < -0.3 is 0 Å². The number of rotatable bonds is 2. The number of hydrogen-bond acceptors (Lipinski definition) is 0. The lowest BCUT2D eigenvalue weighted by Gasteiger charge is -2.11. The fourth-order valence-electron chi connectivity index (χ4n) is 2.06. The van der Waals surface area contributed by atoms with Crippen molar-refractivity contribution in [3.63, 3.8) is 0 Å². The van der Waals surface area contributed by atoms with Crippen molar-refractivity contribution >= 4 is 0 Å². The van der Waals surface area contributed by atoms with Crippen molar-refractivity contribution in [3.05, 3.63) is 108 Å². The summed E-state index contributed by atoms with van der Waals surface area (Å²) in [5, 5.41) is 0. The van der Waals surface area contributed by atoms with Gasteiger partial charge in [0.2, 0.25) is 0 Å². The summed E-state index contributed by atoms with van der Waals surface area (Å²) in [6.45, 7) is 2.24. The van der Waals surface area contributed by atoms with Gasteiger partial charge in [-0.05, 0) is 11.1 Å². The van der Waals surface area contributed by atoms with Gasteiger partial charge >= 0.3 is 0 Å². The Balaban J connectivity index is 0.000000205. The topological polar surface area (TPSA) is 0 Å². The van der Waals surface area contributed by atoms with Gasteiger partial charge in [0.15, 0.2) is 0 Å². The van der Waals surface area contributed by atoms with Gasteiger partial charge in [0, 0.05) is 5.92 Å². The molecule has 0 atom stereocenters. The molecule has 3 aromatic carbocycles. The molecule has 0 aromatic heterocycles. The van der Waals surface area contributed by atoms with Crippen LogP contribution in [0.4, 0.5) is 0 Å². The van der Waals surface area contributed by atoms with Crippen LogP contribution in [0.1, 0.15) is 24.0 Å². The Kier molecular flexibility index (Phi) is 5.60. The minimum absolute atomic E-state index is 0.484. The molecule has 0 saturated carbocycles. The van der Waals surface area contributed by atoms with Gasteiger partial charge in [0.05, 0.1) is 0 Å². The lowest BCUT2D eigenvalue weighted by molar-refractivity contribution is 0.922. The van der Waals surface area contributed by atoms with E-state index in [1.165, 1.54) is 11.1 Å². The SMILES string of the molecule is CC(c1ccccc1)c1ccccc1.c1ccccc1. The number of benzene rings is 3. The van der Waals surface area contributed by atoms with Crippen molar-refractivity contribution in [2.75, 3.05) is 0 Å². The van der Waals surface area contributed by atoms with E-state index in [9.17, 15) is 0 Å². The highest BCUT2D eigenvalue weighted by Gasteiger charge is 2.05. The molecule has 0 fully saturated rings. The molecule has 0 unspecified atom stereocenters. The Hall–Kier alpha value is -2.34. The van der Waals surface area contributed by atoms with Crippen molar-refractivity contribution in [1.82, 2.24) is 0 Å². The molecule has 0 heteroatoms. The first-order chi connectivity index (χ1) is 9.88. The van der Waals surface area contributed by atoms with Crippen LogP contribution >= 0.6 is 0 Å². The van der Waals surface area contributed by atoms with Gasteiger partial charge in [-0.15, -0.1) is 0 Å². The van der Waals surface area contributed by atoms with Crippen LogP contribution in [0.15, 0.2) is 97.1 Å². The molecule has 20 heavy (non-hydrogen) atoms. The smallest absolute Gasteiger partial charge is 0.00610 e. The van der Waals surface area contributed by atoms with Crippen LogP contribution < -0.4 is 0 Å². The summed E-state index contributed by atoms with van der Waals surface area (Å²) in [6, 6.07) is 33.2. The summed E-state index contributed by atoms with van der Waals surface area (Å²) < 4.78 is 0. The van der Waals surface area contributed by atoms with E-state index in [0.29, 0.717) is 5.92 Å². The van der Waals surface area contributed by atoms with E-state index >= 15 is 0 Å². The van der Waals surface area contributed by atoms with E-state index in [-0.39, 0.29) is 0 Å². The van der Waals surface area contributed by atoms with Crippen LogP contribution in [0.25, 0.3) is 0 Å². The van der Waals surface area contributed by atoms with E-state index in [1.807, 2.05) is 36.4 Å². The Labute approximate surface area is 121 Å². The maximum atomic E-state index is 2.24. The van der Waals surface area contributed by atoms with Crippen LogP contribution in [0.2, 0.25) is 0 Å². The largest absolute Gasteiger partial charge is 0.0623 e. The molecular formula is C20H20. The Morgan fingerprint density at radius 1 is 0.450 bits per heavy atom. The molecule has 0 N–H and O–H groups in total. The van der Waals surface area contributed by atoms with E-state index in [1.54, 1.807) is 0 Å². The summed E-state index contributed by atoms with van der Waals surface area (Å²) in [4.78, 5) is 0. The average Bonchev–Trinajstić information content (AvgIpc) is 2.58. The zero-order valence-electron chi connectivity index (χ0n) is 11.8. The summed E-state index contributed by atoms with van der Waals surface area (Å²) in [7, 11) is 0. The van der Waals surface area contributed by atoms with Crippen LogP contribution in [0.5, 0.6) is 0 Å². The molecule has 3 aromatic rings. The summed E-state index contributed by atoms with van der Waals surface area (Å²) in [6.07, 6.45) is 0. The third-order valence-electron chi connectivity index (χ3n) is 3.27. The highest BCUT2D eigenvalue weighted by Crippen LogP contribution is 2.22. The standard InChI is InChI=1S/C14H14.C6H6/c1-12(13-8-4-2-5-9-13)14-10-6-3-7-11-14;1-2-4-6-5-3-1/h2-12H,1H3;1-6H. The van der Waals surface area contributed by atoms with Crippen molar-refractivity contribution in [2.24, 2.45) is 0 Å². The molecule has 0 nitrogen and oxygen atoms in total. The number of hydrogen-bond donors (Lipinski definition) is 0. The van der Waals surface area contributed by atoms with Crippen molar-refractivity contribution in [3.8, 4) is 0 Å². The molecule has 0 saturated heterocycles. The minimum Gasteiger partial charge on any atom is -0.0623 e. The van der Waals surface area contributed by atoms with Gasteiger partial charge in [-0.1, -0.05) is 104 Å². The van der Waals surface area contributed by atoms with Gasteiger partial charge in [-0.25, -0.2) is 0 Å². The first-order valence-corrected chi connectivity index (χ1v) is 6.98. The highest BCUT2D eigenvalue weighted by molar-refractivity contribution is 5.31. The van der Waals surface area contributed by atoms with E-state index in [2.05, 4.69) is 67.6 Å². The van der Waals surface area contributed by atoms with Crippen molar-refractivity contribution in [2.45, 2.75) is 12.8 Å². The summed E-state index contributed by atoms with van der Waals surface area (Å²) >= 11 is 0. The highest BCUT2D eigenvalue weighted by atomic mass is 14.1.